The Morgan fingerprint density at radius 2 is 1.85 bits per heavy atom. The van der Waals surface area contributed by atoms with Gasteiger partial charge in [0, 0.05) is 16.8 Å². The average Bonchev–Trinajstić information content (AvgIpc) is 2.60. The Hall–Kier alpha value is -2.45. The number of benzene rings is 2. The Balaban J connectivity index is 2.31. The van der Waals surface area contributed by atoms with Crippen LogP contribution in [-0.4, -0.2) is 41.3 Å². The zero-order valence-electron chi connectivity index (χ0n) is 15.4. The molecular formula is C18H21ClN2O5S. The van der Waals surface area contributed by atoms with Crippen molar-refractivity contribution >= 4 is 38.9 Å². The molecule has 1 amide bonds. The van der Waals surface area contributed by atoms with Crippen molar-refractivity contribution in [2.75, 3.05) is 36.6 Å². The minimum atomic E-state index is -3.74. The van der Waals surface area contributed by atoms with Crippen LogP contribution in [0.3, 0.4) is 0 Å². The third-order valence-electron chi connectivity index (χ3n) is 3.81. The second-order valence-electron chi connectivity index (χ2n) is 5.81. The Morgan fingerprint density at radius 1 is 1.15 bits per heavy atom. The Bertz CT molecular complexity index is 947. The van der Waals surface area contributed by atoms with Gasteiger partial charge in [0.15, 0.2) is 0 Å². The SMILES string of the molecule is COc1ccc(N(CC(=O)Nc2ccc(Cl)cc2C)S(C)(=O)=O)c(OC)c1. The molecule has 27 heavy (non-hydrogen) atoms. The molecule has 0 heterocycles. The van der Waals surface area contributed by atoms with Crippen molar-refractivity contribution in [3.05, 3.63) is 47.0 Å². The van der Waals surface area contributed by atoms with Gasteiger partial charge >= 0.3 is 0 Å². The van der Waals surface area contributed by atoms with E-state index in [-0.39, 0.29) is 11.4 Å². The van der Waals surface area contributed by atoms with Crippen LogP contribution in [-0.2, 0) is 14.8 Å². The summed E-state index contributed by atoms with van der Waals surface area (Å²) in [6, 6.07) is 9.68. The van der Waals surface area contributed by atoms with Gasteiger partial charge in [-0.05, 0) is 42.8 Å². The van der Waals surface area contributed by atoms with Gasteiger partial charge in [-0.15, -0.1) is 0 Å². The first-order chi connectivity index (χ1) is 12.7. The van der Waals surface area contributed by atoms with Gasteiger partial charge in [-0.1, -0.05) is 11.6 Å². The molecule has 0 radical (unpaired) electrons. The average molecular weight is 413 g/mol. The summed E-state index contributed by atoms with van der Waals surface area (Å²) in [5.74, 6) is 0.282. The van der Waals surface area contributed by atoms with Gasteiger partial charge in [0.2, 0.25) is 15.9 Å². The second-order valence-corrected chi connectivity index (χ2v) is 8.16. The largest absolute Gasteiger partial charge is 0.497 e. The molecule has 0 saturated carbocycles. The van der Waals surface area contributed by atoms with Crippen molar-refractivity contribution in [2.24, 2.45) is 0 Å². The first-order valence-corrected chi connectivity index (χ1v) is 10.1. The number of carbonyl (C=O) groups is 1. The Labute approximate surface area is 163 Å². The van der Waals surface area contributed by atoms with Crippen molar-refractivity contribution in [2.45, 2.75) is 6.92 Å². The number of nitrogens with one attached hydrogen (secondary N) is 1. The molecule has 0 fully saturated rings. The summed E-state index contributed by atoms with van der Waals surface area (Å²) in [5.41, 5.74) is 1.56. The highest BCUT2D eigenvalue weighted by Gasteiger charge is 2.24. The van der Waals surface area contributed by atoms with Crippen molar-refractivity contribution < 1.29 is 22.7 Å². The predicted octanol–water partition coefficient (Wildman–Crippen LogP) is 3.07. The van der Waals surface area contributed by atoms with Gasteiger partial charge in [0.05, 0.1) is 26.2 Å². The molecule has 0 aliphatic carbocycles. The number of sulfonamides is 1. The zero-order chi connectivity index (χ0) is 20.2. The molecule has 146 valence electrons. The standard InChI is InChI=1S/C18H21ClN2O5S/c1-12-9-13(19)5-7-15(12)20-18(22)11-21(27(4,23)24)16-8-6-14(25-2)10-17(16)26-3/h5-10H,11H2,1-4H3,(H,20,22). The van der Waals surface area contributed by atoms with Crippen molar-refractivity contribution in [1.82, 2.24) is 0 Å². The summed E-state index contributed by atoms with van der Waals surface area (Å²) in [7, 11) is -0.840. The summed E-state index contributed by atoms with van der Waals surface area (Å²) in [5, 5.41) is 3.25. The van der Waals surface area contributed by atoms with Crippen LogP contribution in [0.15, 0.2) is 36.4 Å². The molecule has 1 N–H and O–H groups in total. The highest BCUT2D eigenvalue weighted by molar-refractivity contribution is 7.92. The molecule has 0 atom stereocenters. The highest BCUT2D eigenvalue weighted by atomic mass is 35.5. The van der Waals surface area contributed by atoms with Gasteiger partial charge in [0.1, 0.15) is 18.0 Å². The summed E-state index contributed by atoms with van der Waals surface area (Å²) in [4.78, 5) is 12.5. The maximum Gasteiger partial charge on any atom is 0.245 e. The fourth-order valence-electron chi connectivity index (χ4n) is 2.46. The number of carbonyl (C=O) groups excluding carboxylic acids is 1. The van der Waals surface area contributed by atoms with E-state index in [9.17, 15) is 13.2 Å². The number of halogens is 1. The van der Waals surface area contributed by atoms with Gasteiger partial charge in [-0.25, -0.2) is 8.42 Å². The fraction of sp³-hybridized carbons (Fsp3) is 0.278. The van der Waals surface area contributed by atoms with Crippen LogP contribution in [0.4, 0.5) is 11.4 Å². The van der Waals surface area contributed by atoms with Crippen LogP contribution in [0.2, 0.25) is 5.02 Å². The molecule has 0 unspecified atom stereocenters. The quantitative estimate of drug-likeness (QED) is 0.755. The van der Waals surface area contributed by atoms with E-state index in [0.29, 0.717) is 16.5 Å². The van der Waals surface area contributed by atoms with Crippen LogP contribution >= 0.6 is 11.6 Å². The minimum absolute atomic E-state index is 0.240. The van der Waals surface area contributed by atoms with Crippen molar-refractivity contribution in [1.29, 1.82) is 0 Å². The smallest absolute Gasteiger partial charge is 0.245 e. The Morgan fingerprint density at radius 3 is 2.41 bits per heavy atom. The van der Waals surface area contributed by atoms with E-state index in [1.807, 2.05) is 0 Å². The van der Waals surface area contributed by atoms with Gasteiger partial charge < -0.3 is 14.8 Å². The number of anilines is 2. The van der Waals surface area contributed by atoms with Gasteiger partial charge in [0.25, 0.3) is 0 Å². The van der Waals surface area contributed by atoms with Gasteiger partial charge in [-0.2, -0.15) is 0 Å². The normalized spacial score (nSPS) is 11.0. The van der Waals surface area contributed by atoms with E-state index >= 15 is 0 Å². The van der Waals surface area contributed by atoms with Crippen molar-refractivity contribution in [3.63, 3.8) is 0 Å². The third-order valence-corrected chi connectivity index (χ3v) is 5.17. The molecule has 0 bridgehead atoms. The monoisotopic (exact) mass is 412 g/mol. The van der Waals surface area contributed by atoms with E-state index in [4.69, 9.17) is 21.1 Å². The topological polar surface area (TPSA) is 84.9 Å². The van der Waals surface area contributed by atoms with Crippen molar-refractivity contribution in [3.8, 4) is 11.5 Å². The first kappa shape index (κ1) is 20.9. The molecule has 7 nitrogen and oxygen atoms in total. The van der Waals surface area contributed by atoms with Crippen LogP contribution in [0.5, 0.6) is 11.5 Å². The van der Waals surface area contributed by atoms with Crippen LogP contribution in [0.25, 0.3) is 0 Å². The molecule has 0 spiro atoms. The highest BCUT2D eigenvalue weighted by Crippen LogP contribution is 2.33. The van der Waals surface area contributed by atoms with Crippen LogP contribution in [0.1, 0.15) is 5.56 Å². The number of aryl methyl sites for hydroxylation is 1. The van der Waals surface area contributed by atoms with E-state index in [0.717, 1.165) is 16.1 Å². The molecule has 2 aromatic carbocycles. The molecule has 0 aromatic heterocycles. The van der Waals surface area contributed by atoms with Crippen LogP contribution in [0, 0.1) is 6.92 Å². The predicted molar refractivity (Wildman–Crippen MR) is 107 cm³/mol. The molecule has 9 heteroatoms. The summed E-state index contributed by atoms with van der Waals surface area (Å²) >= 11 is 5.91. The first-order valence-electron chi connectivity index (χ1n) is 7.91. The number of hydrogen-bond donors (Lipinski definition) is 1. The molecule has 0 saturated heterocycles. The molecule has 2 aromatic rings. The lowest BCUT2D eigenvalue weighted by atomic mass is 10.2. The molecular weight excluding hydrogens is 392 g/mol. The minimum Gasteiger partial charge on any atom is -0.497 e. The fourth-order valence-corrected chi connectivity index (χ4v) is 3.55. The lowest BCUT2D eigenvalue weighted by molar-refractivity contribution is -0.114. The summed E-state index contributed by atoms with van der Waals surface area (Å²) < 4.78 is 36.0. The van der Waals surface area contributed by atoms with Gasteiger partial charge in [-0.3, -0.25) is 9.10 Å². The number of nitrogens with zero attached hydrogens (tertiary/aromatic N) is 1. The third kappa shape index (κ3) is 5.27. The van der Waals surface area contributed by atoms with E-state index in [1.54, 1.807) is 37.3 Å². The molecule has 0 aliphatic heterocycles. The summed E-state index contributed by atoms with van der Waals surface area (Å²) in [6.07, 6.45) is 1.03. The number of rotatable bonds is 7. The number of hydrogen-bond acceptors (Lipinski definition) is 5. The lowest BCUT2D eigenvalue weighted by Crippen LogP contribution is -2.37. The molecule has 2 rings (SSSR count). The summed E-state index contributed by atoms with van der Waals surface area (Å²) in [6.45, 7) is 1.38. The maximum atomic E-state index is 12.5. The zero-order valence-corrected chi connectivity index (χ0v) is 17.0. The lowest BCUT2D eigenvalue weighted by Gasteiger charge is -2.24. The Kier molecular flexibility index (Phi) is 6.56. The molecule has 0 aliphatic rings. The number of ether oxygens (including phenoxy) is 2. The van der Waals surface area contributed by atoms with Crippen LogP contribution < -0.4 is 19.1 Å². The number of methoxy groups -OCH3 is 2. The van der Waals surface area contributed by atoms with E-state index in [2.05, 4.69) is 5.32 Å². The second kappa shape index (κ2) is 8.49. The number of amides is 1. The van der Waals surface area contributed by atoms with E-state index < -0.39 is 22.5 Å². The van der Waals surface area contributed by atoms with E-state index in [1.165, 1.54) is 20.3 Å². The maximum absolute atomic E-state index is 12.5.